The molecular formula is C14H19NO5. The average molecular weight is 281 g/mol. The number of benzene rings is 1. The van der Waals surface area contributed by atoms with Gasteiger partial charge in [0.25, 0.3) is 0 Å². The van der Waals surface area contributed by atoms with Crippen LogP contribution in [0.1, 0.15) is 19.4 Å². The lowest BCUT2D eigenvalue weighted by molar-refractivity contribution is -0.141. The molecule has 20 heavy (non-hydrogen) atoms. The second-order valence-electron chi connectivity index (χ2n) is 4.48. The van der Waals surface area contributed by atoms with Gasteiger partial charge in [-0.15, -0.1) is 0 Å². The van der Waals surface area contributed by atoms with Crippen molar-refractivity contribution in [1.82, 2.24) is 5.32 Å². The van der Waals surface area contributed by atoms with Crippen molar-refractivity contribution < 1.29 is 24.2 Å². The third-order valence-corrected chi connectivity index (χ3v) is 2.40. The van der Waals surface area contributed by atoms with Crippen LogP contribution in [-0.4, -0.2) is 35.9 Å². The zero-order valence-corrected chi connectivity index (χ0v) is 11.5. The number of rotatable bonds is 7. The molecule has 1 aromatic carbocycles. The summed E-state index contributed by atoms with van der Waals surface area (Å²) in [5.41, 5.74) is 0.827. The summed E-state index contributed by atoms with van der Waals surface area (Å²) >= 11 is 0. The van der Waals surface area contributed by atoms with Crippen LogP contribution in [0.2, 0.25) is 0 Å². The summed E-state index contributed by atoms with van der Waals surface area (Å²) in [5.74, 6) is -1.16. The molecule has 0 aromatic heterocycles. The van der Waals surface area contributed by atoms with Gasteiger partial charge in [0.2, 0.25) is 0 Å². The lowest BCUT2D eigenvalue weighted by atomic mass is 10.2. The number of carbonyl (C=O) groups excluding carboxylic acids is 1. The van der Waals surface area contributed by atoms with E-state index in [1.165, 1.54) is 0 Å². The summed E-state index contributed by atoms with van der Waals surface area (Å²) in [6, 6.07) is 8.00. The van der Waals surface area contributed by atoms with Gasteiger partial charge in [0.05, 0.1) is 12.7 Å². The van der Waals surface area contributed by atoms with E-state index in [1.54, 1.807) is 13.8 Å². The Morgan fingerprint density at radius 2 is 1.90 bits per heavy atom. The predicted octanol–water partition coefficient (Wildman–Crippen LogP) is 1.79. The zero-order valence-electron chi connectivity index (χ0n) is 11.5. The van der Waals surface area contributed by atoms with Gasteiger partial charge >= 0.3 is 12.1 Å². The highest BCUT2D eigenvalue weighted by Crippen LogP contribution is 2.01. The summed E-state index contributed by atoms with van der Waals surface area (Å²) < 4.78 is 10.1. The van der Waals surface area contributed by atoms with Gasteiger partial charge in [-0.25, -0.2) is 9.59 Å². The molecule has 0 heterocycles. The van der Waals surface area contributed by atoms with Crippen molar-refractivity contribution in [2.24, 2.45) is 0 Å². The van der Waals surface area contributed by atoms with Crippen molar-refractivity contribution in [2.45, 2.75) is 32.6 Å². The van der Waals surface area contributed by atoms with E-state index in [-0.39, 0.29) is 19.3 Å². The van der Waals surface area contributed by atoms with Crippen molar-refractivity contribution >= 4 is 12.1 Å². The standard InChI is InChI=1S/C14H19NO5/c1-10(2)19-9-12(13(16)17)15-14(18)20-8-11-6-4-3-5-7-11/h3-7,10,12H,8-9H2,1-2H3,(H,15,18)(H,16,17)/t12-/m0/s1. The third kappa shape index (κ3) is 6.19. The summed E-state index contributed by atoms with van der Waals surface area (Å²) in [7, 11) is 0. The van der Waals surface area contributed by atoms with Gasteiger partial charge in [0, 0.05) is 0 Å². The number of hydrogen-bond donors (Lipinski definition) is 2. The first-order valence-electron chi connectivity index (χ1n) is 6.30. The Hall–Kier alpha value is -2.08. The fourth-order valence-corrected chi connectivity index (χ4v) is 1.37. The molecule has 0 radical (unpaired) electrons. The SMILES string of the molecule is CC(C)OC[C@H](NC(=O)OCc1ccccc1)C(=O)O. The predicted molar refractivity (Wildman–Crippen MR) is 72.3 cm³/mol. The average Bonchev–Trinajstić information content (AvgIpc) is 2.41. The quantitative estimate of drug-likeness (QED) is 0.796. The molecule has 0 bridgehead atoms. The van der Waals surface area contributed by atoms with E-state index >= 15 is 0 Å². The minimum atomic E-state index is -1.16. The molecule has 0 aliphatic heterocycles. The molecule has 0 saturated carbocycles. The second-order valence-corrected chi connectivity index (χ2v) is 4.48. The first-order chi connectivity index (χ1) is 9.49. The van der Waals surface area contributed by atoms with Gasteiger partial charge in [-0.05, 0) is 19.4 Å². The van der Waals surface area contributed by atoms with Crippen LogP contribution >= 0.6 is 0 Å². The Kier molecular flexibility index (Phi) is 6.52. The molecule has 0 aliphatic carbocycles. The Labute approximate surface area is 117 Å². The number of aliphatic carboxylic acids is 1. The summed E-state index contributed by atoms with van der Waals surface area (Å²) in [5, 5.41) is 11.2. The molecule has 1 amide bonds. The van der Waals surface area contributed by atoms with Crippen LogP contribution in [0.4, 0.5) is 4.79 Å². The fraction of sp³-hybridized carbons (Fsp3) is 0.429. The number of nitrogens with one attached hydrogen (secondary N) is 1. The Balaban J connectivity index is 2.40. The van der Waals surface area contributed by atoms with Gasteiger partial charge in [0.15, 0.2) is 6.04 Å². The van der Waals surface area contributed by atoms with E-state index in [4.69, 9.17) is 14.6 Å². The van der Waals surface area contributed by atoms with Crippen molar-refractivity contribution in [1.29, 1.82) is 0 Å². The molecule has 110 valence electrons. The lowest BCUT2D eigenvalue weighted by Crippen LogP contribution is -2.44. The van der Waals surface area contributed by atoms with Crippen molar-refractivity contribution in [2.75, 3.05) is 6.61 Å². The van der Waals surface area contributed by atoms with Crippen LogP contribution in [-0.2, 0) is 20.9 Å². The normalized spacial score (nSPS) is 11.9. The first-order valence-corrected chi connectivity index (χ1v) is 6.30. The van der Waals surface area contributed by atoms with Crippen LogP contribution in [0.25, 0.3) is 0 Å². The summed E-state index contributed by atoms with van der Waals surface area (Å²) in [6.45, 7) is 3.55. The van der Waals surface area contributed by atoms with Crippen LogP contribution in [0, 0.1) is 0 Å². The molecule has 0 saturated heterocycles. The van der Waals surface area contributed by atoms with Crippen LogP contribution in [0.3, 0.4) is 0 Å². The minimum Gasteiger partial charge on any atom is -0.480 e. The molecule has 0 fully saturated rings. The van der Waals surface area contributed by atoms with Gasteiger partial charge in [-0.3, -0.25) is 0 Å². The number of ether oxygens (including phenoxy) is 2. The van der Waals surface area contributed by atoms with Gasteiger partial charge in [0.1, 0.15) is 6.61 Å². The molecule has 1 rings (SSSR count). The van der Waals surface area contributed by atoms with E-state index in [1.807, 2.05) is 30.3 Å². The Bertz CT molecular complexity index is 432. The van der Waals surface area contributed by atoms with Crippen molar-refractivity contribution in [3.63, 3.8) is 0 Å². The molecule has 2 N–H and O–H groups in total. The molecule has 0 aliphatic rings. The van der Waals surface area contributed by atoms with E-state index in [2.05, 4.69) is 5.32 Å². The molecular weight excluding hydrogens is 262 g/mol. The number of hydrogen-bond acceptors (Lipinski definition) is 4. The Morgan fingerprint density at radius 3 is 2.45 bits per heavy atom. The maximum absolute atomic E-state index is 11.5. The third-order valence-electron chi connectivity index (χ3n) is 2.40. The molecule has 0 spiro atoms. The Morgan fingerprint density at radius 1 is 1.25 bits per heavy atom. The number of alkyl carbamates (subject to hydrolysis) is 1. The van der Waals surface area contributed by atoms with Crippen LogP contribution in [0.5, 0.6) is 0 Å². The highest BCUT2D eigenvalue weighted by Gasteiger charge is 2.21. The van der Waals surface area contributed by atoms with Crippen molar-refractivity contribution in [3.8, 4) is 0 Å². The number of carboxylic acid groups (broad SMARTS) is 1. The molecule has 1 atom stereocenters. The number of carboxylic acids is 1. The topological polar surface area (TPSA) is 84.9 Å². The van der Waals surface area contributed by atoms with Gasteiger partial charge in [-0.2, -0.15) is 0 Å². The smallest absolute Gasteiger partial charge is 0.408 e. The van der Waals surface area contributed by atoms with Crippen LogP contribution in [0.15, 0.2) is 30.3 Å². The first kappa shape index (κ1) is 16.0. The minimum absolute atomic E-state index is 0.0874. The van der Waals surface area contributed by atoms with Crippen molar-refractivity contribution in [3.05, 3.63) is 35.9 Å². The molecule has 0 unspecified atom stereocenters. The highest BCUT2D eigenvalue weighted by molar-refractivity contribution is 5.80. The summed E-state index contributed by atoms with van der Waals surface area (Å²) in [4.78, 5) is 22.5. The second kappa shape index (κ2) is 8.16. The molecule has 6 nitrogen and oxygen atoms in total. The lowest BCUT2D eigenvalue weighted by Gasteiger charge is -2.16. The van der Waals surface area contributed by atoms with E-state index in [9.17, 15) is 9.59 Å². The maximum Gasteiger partial charge on any atom is 0.408 e. The van der Waals surface area contributed by atoms with Crippen LogP contribution < -0.4 is 5.32 Å². The highest BCUT2D eigenvalue weighted by atomic mass is 16.5. The monoisotopic (exact) mass is 281 g/mol. The summed E-state index contributed by atoms with van der Waals surface area (Å²) in [6.07, 6.45) is -0.896. The molecule has 1 aromatic rings. The van der Waals surface area contributed by atoms with Gasteiger partial charge < -0.3 is 19.9 Å². The van der Waals surface area contributed by atoms with E-state index in [0.717, 1.165) is 5.56 Å². The fourth-order valence-electron chi connectivity index (χ4n) is 1.37. The molecule has 6 heteroatoms. The van der Waals surface area contributed by atoms with E-state index in [0.29, 0.717) is 0 Å². The zero-order chi connectivity index (χ0) is 15.0. The number of carbonyl (C=O) groups is 2. The largest absolute Gasteiger partial charge is 0.480 e. The van der Waals surface area contributed by atoms with E-state index < -0.39 is 18.1 Å². The number of amides is 1. The maximum atomic E-state index is 11.5. The van der Waals surface area contributed by atoms with Gasteiger partial charge in [-0.1, -0.05) is 30.3 Å².